The minimum atomic E-state index is 0.686. The highest BCUT2D eigenvalue weighted by Crippen LogP contribution is 1.98. The molecule has 2 heteroatoms. The molecule has 0 aliphatic rings. The summed E-state index contributed by atoms with van der Waals surface area (Å²) in [6, 6.07) is 0.686. The van der Waals surface area contributed by atoms with Crippen LogP contribution in [0.25, 0.3) is 0 Å². The van der Waals surface area contributed by atoms with Crippen molar-refractivity contribution in [2.24, 2.45) is 0 Å². The van der Waals surface area contributed by atoms with Crippen LogP contribution < -0.4 is 5.32 Å². The molecule has 0 aromatic carbocycles. The van der Waals surface area contributed by atoms with E-state index in [0.717, 1.165) is 6.54 Å². The first-order valence-corrected chi connectivity index (χ1v) is 6.20. The van der Waals surface area contributed by atoms with Gasteiger partial charge in [-0.1, -0.05) is 33.6 Å². The first-order chi connectivity index (χ1) is 6.74. The van der Waals surface area contributed by atoms with Crippen LogP contribution in [0.15, 0.2) is 0 Å². The number of hydrogen-bond donors (Lipinski definition) is 1. The second-order valence-corrected chi connectivity index (χ2v) is 4.02. The second kappa shape index (κ2) is 9.47. The first-order valence-electron chi connectivity index (χ1n) is 6.20. The molecule has 14 heavy (non-hydrogen) atoms. The molecule has 0 saturated heterocycles. The highest BCUT2D eigenvalue weighted by Gasteiger charge is 2.01. The molecule has 0 spiro atoms. The molecule has 0 aliphatic carbocycles. The number of rotatable bonds is 9. The van der Waals surface area contributed by atoms with Crippen LogP contribution >= 0.6 is 0 Å². The predicted molar refractivity (Wildman–Crippen MR) is 64.8 cm³/mol. The van der Waals surface area contributed by atoms with Gasteiger partial charge in [0.15, 0.2) is 0 Å². The largest absolute Gasteiger partial charge is 0.313 e. The lowest BCUT2D eigenvalue weighted by Gasteiger charge is -2.20. The fourth-order valence-corrected chi connectivity index (χ4v) is 1.62. The summed E-state index contributed by atoms with van der Waals surface area (Å²) in [5.74, 6) is 0. The van der Waals surface area contributed by atoms with Gasteiger partial charge >= 0.3 is 0 Å². The molecule has 0 heterocycles. The van der Waals surface area contributed by atoms with E-state index in [1.807, 2.05) is 0 Å². The van der Waals surface area contributed by atoms with Crippen molar-refractivity contribution in [2.75, 3.05) is 26.2 Å². The monoisotopic (exact) mass is 200 g/mol. The van der Waals surface area contributed by atoms with Crippen molar-refractivity contribution in [3.8, 4) is 0 Å². The van der Waals surface area contributed by atoms with E-state index in [1.165, 1.54) is 38.9 Å². The summed E-state index contributed by atoms with van der Waals surface area (Å²) in [6.45, 7) is 13.6. The molecule has 1 unspecified atom stereocenters. The minimum absolute atomic E-state index is 0.686. The molecule has 0 fully saturated rings. The molecule has 0 aliphatic heterocycles. The average Bonchev–Trinajstić information content (AvgIpc) is 2.21. The molecular weight excluding hydrogens is 172 g/mol. The quantitative estimate of drug-likeness (QED) is 0.615. The zero-order valence-electron chi connectivity index (χ0n) is 10.5. The van der Waals surface area contributed by atoms with Gasteiger partial charge in [-0.05, 0) is 26.4 Å². The van der Waals surface area contributed by atoms with Gasteiger partial charge in [-0.15, -0.1) is 0 Å². The Balaban J connectivity index is 3.33. The SMILES string of the molecule is CCCCC(C)NCCN(CC)CC. The van der Waals surface area contributed by atoms with E-state index in [4.69, 9.17) is 0 Å². The van der Waals surface area contributed by atoms with Crippen LogP contribution in [0.5, 0.6) is 0 Å². The molecule has 0 aromatic rings. The van der Waals surface area contributed by atoms with Crippen LogP contribution in [-0.2, 0) is 0 Å². The summed E-state index contributed by atoms with van der Waals surface area (Å²) < 4.78 is 0. The van der Waals surface area contributed by atoms with Crippen LogP contribution in [0.3, 0.4) is 0 Å². The lowest BCUT2D eigenvalue weighted by molar-refractivity contribution is 0.295. The van der Waals surface area contributed by atoms with Crippen molar-refractivity contribution in [3.05, 3.63) is 0 Å². The third-order valence-corrected chi connectivity index (χ3v) is 2.81. The van der Waals surface area contributed by atoms with Gasteiger partial charge in [-0.25, -0.2) is 0 Å². The van der Waals surface area contributed by atoms with Crippen LogP contribution in [0.4, 0.5) is 0 Å². The fourth-order valence-electron chi connectivity index (χ4n) is 1.62. The Morgan fingerprint density at radius 3 is 2.29 bits per heavy atom. The maximum absolute atomic E-state index is 3.57. The maximum atomic E-state index is 3.57. The Bertz CT molecular complexity index is 111. The first kappa shape index (κ1) is 13.9. The lowest BCUT2D eigenvalue weighted by atomic mass is 10.1. The van der Waals surface area contributed by atoms with Gasteiger partial charge in [-0.2, -0.15) is 0 Å². The smallest absolute Gasteiger partial charge is 0.0107 e. The topological polar surface area (TPSA) is 15.3 Å². The molecule has 86 valence electrons. The van der Waals surface area contributed by atoms with E-state index >= 15 is 0 Å². The Hall–Kier alpha value is -0.0800. The van der Waals surface area contributed by atoms with Crippen LogP contribution in [0.2, 0.25) is 0 Å². The summed E-state index contributed by atoms with van der Waals surface area (Å²) >= 11 is 0. The number of nitrogens with zero attached hydrogens (tertiary/aromatic N) is 1. The molecule has 0 amide bonds. The predicted octanol–water partition coefficient (Wildman–Crippen LogP) is 2.50. The van der Waals surface area contributed by atoms with Crippen LogP contribution in [0, 0.1) is 0 Å². The number of hydrogen-bond acceptors (Lipinski definition) is 2. The molecule has 2 nitrogen and oxygen atoms in total. The van der Waals surface area contributed by atoms with Gasteiger partial charge < -0.3 is 10.2 Å². The van der Waals surface area contributed by atoms with Gasteiger partial charge in [0.05, 0.1) is 0 Å². The van der Waals surface area contributed by atoms with Gasteiger partial charge in [0, 0.05) is 19.1 Å². The van der Waals surface area contributed by atoms with Crippen molar-refractivity contribution in [3.63, 3.8) is 0 Å². The summed E-state index contributed by atoms with van der Waals surface area (Å²) in [6.07, 6.45) is 3.97. The van der Waals surface area contributed by atoms with E-state index in [1.54, 1.807) is 0 Å². The minimum Gasteiger partial charge on any atom is -0.313 e. The summed E-state index contributed by atoms with van der Waals surface area (Å²) in [4.78, 5) is 2.46. The maximum Gasteiger partial charge on any atom is 0.0107 e. The molecular formula is C12H28N2. The van der Waals surface area contributed by atoms with Crippen molar-refractivity contribution in [1.29, 1.82) is 0 Å². The highest BCUT2D eigenvalue weighted by molar-refractivity contribution is 4.62. The van der Waals surface area contributed by atoms with Gasteiger partial charge in [0.2, 0.25) is 0 Å². The lowest BCUT2D eigenvalue weighted by Crippen LogP contribution is -2.35. The van der Waals surface area contributed by atoms with Crippen molar-refractivity contribution in [1.82, 2.24) is 10.2 Å². The van der Waals surface area contributed by atoms with E-state index in [9.17, 15) is 0 Å². The standard InChI is InChI=1S/C12H28N2/c1-5-8-9-12(4)13-10-11-14(6-2)7-3/h12-13H,5-11H2,1-4H3. The Morgan fingerprint density at radius 2 is 1.79 bits per heavy atom. The molecule has 0 bridgehead atoms. The second-order valence-electron chi connectivity index (χ2n) is 4.02. The van der Waals surface area contributed by atoms with E-state index < -0.39 is 0 Å². The number of nitrogens with one attached hydrogen (secondary N) is 1. The molecule has 0 radical (unpaired) electrons. The summed E-state index contributed by atoms with van der Waals surface area (Å²) in [5.41, 5.74) is 0. The molecule has 0 saturated carbocycles. The van der Waals surface area contributed by atoms with E-state index in [0.29, 0.717) is 6.04 Å². The van der Waals surface area contributed by atoms with E-state index in [-0.39, 0.29) is 0 Å². The van der Waals surface area contributed by atoms with Gasteiger partial charge in [-0.3, -0.25) is 0 Å². The molecule has 0 rings (SSSR count). The Labute approximate surface area is 90.1 Å². The van der Waals surface area contributed by atoms with Crippen molar-refractivity contribution >= 4 is 0 Å². The third-order valence-electron chi connectivity index (χ3n) is 2.81. The van der Waals surface area contributed by atoms with E-state index in [2.05, 4.69) is 37.9 Å². The third kappa shape index (κ3) is 7.34. The number of likely N-dealkylation sites (N-methyl/N-ethyl adjacent to an activating group) is 1. The number of unbranched alkanes of at least 4 members (excludes halogenated alkanes) is 1. The fraction of sp³-hybridized carbons (Fsp3) is 1.00. The molecule has 0 aromatic heterocycles. The Kier molecular flexibility index (Phi) is 9.42. The van der Waals surface area contributed by atoms with Crippen LogP contribution in [-0.4, -0.2) is 37.1 Å². The summed E-state index contributed by atoms with van der Waals surface area (Å²) in [5, 5.41) is 3.57. The van der Waals surface area contributed by atoms with Crippen LogP contribution in [0.1, 0.15) is 47.0 Å². The van der Waals surface area contributed by atoms with Crippen molar-refractivity contribution in [2.45, 2.75) is 53.0 Å². The molecule has 1 atom stereocenters. The van der Waals surface area contributed by atoms with Gasteiger partial charge in [0.25, 0.3) is 0 Å². The molecule has 1 N–H and O–H groups in total. The summed E-state index contributed by atoms with van der Waals surface area (Å²) in [7, 11) is 0. The zero-order chi connectivity index (χ0) is 10.8. The van der Waals surface area contributed by atoms with Gasteiger partial charge in [0.1, 0.15) is 0 Å². The average molecular weight is 200 g/mol. The normalized spacial score (nSPS) is 13.5. The highest BCUT2D eigenvalue weighted by atomic mass is 15.1. The van der Waals surface area contributed by atoms with Crippen molar-refractivity contribution < 1.29 is 0 Å². The Morgan fingerprint density at radius 1 is 1.14 bits per heavy atom. The zero-order valence-corrected chi connectivity index (χ0v) is 10.5.